The SMILES string of the molecule is N#Cc1cccc(NC(=O)CCCOc2ccccc2)c1. The van der Waals surface area contributed by atoms with Crippen LogP contribution in [0.15, 0.2) is 54.6 Å². The van der Waals surface area contributed by atoms with E-state index < -0.39 is 0 Å². The molecule has 21 heavy (non-hydrogen) atoms. The Balaban J connectivity index is 1.71. The minimum atomic E-state index is -0.0817. The zero-order chi connectivity index (χ0) is 14.9. The molecule has 0 aromatic heterocycles. The molecule has 0 heterocycles. The van der Waals surface area contributed by atoms with E-state index >= 15 is 0 Å². The second-order valence-electron chi connectivity index (χ2n) is 4.51. The molecule has 4 nitrogen and oxygen atoms in total. The fourth-order valence-corrected chi connectivity index (χ4v) is 1.83. The van der Waals surface area contributed by atoms with Crippen LogP contribution >= 0.6 is 0 Å². The van der Waals surface area contributed by atoms with Crippen LogP contribution < -0.4 is 10.1 Å². The topological polar surface area (TPSA) is 62.1 Å². The lowest BCUT2D eigenvalue weighted by molar-refractivity contribution is -0.116. The number of anilines is 1. The van der Waals surface area contributed by atoms with Crippen molar-refractivity contribution in [1.29, 1.82) is 5.26 Å². The number of hydrogen-bond acceptors (Lipinski definition) is 3. The molecule has 2 aromatic rings. The van der Waals surface area contributed by atoms with Crippen LogP contribution in [0, 0.1) is 11.3 Å². The van der Waals surface area contributed by atoms with E-state index in [1.807, 2.05) is 36.4 Å². The van der Waals surface area contributed by atoms with Gasteiger partial charge in [0, 0.05) is 12.1 Å². The molecule has 0 unspecified atom stereocenters. The first kappa shape index (κ1) is 14.6. The maximum absolute atomic E-state index is 11.8. The van der Waals surface area contributed by atoms with Crippen LogP contribution in [0.4, 0.5) is 5.69 Å². The van der Waals surface area contributed by atoms with Gasteiger partial charge in [0.15, 0.2) is 0 Å². The lowest BCUT2D eigenvalue weighted by Gasteiger charge is -2.07. The van der Waals surface area contributed by atoms with E-state index in [0.717, 1.165) is 5.75 Å². The Morgan fingerprint density at radius 3 is 2.71 bits per heavy atom. The van der Waals surface area contributed by atoms with Gasteiger partial charge in [-0.05, 0) is 36.8 Å². The fraction of sp³-hybridized carbons (Fsp3) is 0.176. The molecule has 0 saturated carbocycles. The summed E-state index contributed by atoms with van der Waals surface area (Å²) in [6, 6.07) is 18.4. The number of carbonyl (C=O) groups excluding carboxylic acids is 1. The van der Waals surface area contributed by atoms with Gasteiger partial charge in [-0.25, -0.2) is 0 Å². The number of hydrogen-bond donors (Lipinski definition) is 1. The summed E-state index contributed by atoms with van der Waals surface area (Å²) in [5.41, 5.74) is 1.17. The minimum absolute atomic E-state index is 0.0817. The highest BCUT2D eigenvalue weighted by molar-refractivity contribution is 5.90. The average Bonchev–Trinajstić information content (AvgIpc) is 2.53. The number of benzene rings is 2. The Labute approximate surface area is 124 Å². The van der Waals surface area contributed by atoms with Crippen LogP contribution in [0.1, 0.15) is 18.4 Å². The molecule has 0 atom stereocenters. The molecule has 0 radical (unpaired) electrons. The largest absolute Gasteiger partial charge is 0.494 e. The van der Waals surface area contributed by atoms with Crippen molar-refractivity contribution in [2.24, 2.45) is 0 Å². The van der Waals surface area contributed by atoms with Crippen molar-refractivity contribution in [2.75, 3.05) is 11.9 Å². The lowest BCUT2D eigenvalue weighted by Crippen LogP contribution is -2.12. The second-order valence-corrected chi connectivity index (χ2v) is 4.51. The van der Waals surface area contributed by atoms with Crippen LogP contribution in [-0.2, 0) is 4.79 Å². The summed E-state index contributed by atoms with van der Waals surface area (Å²) in [6.45, 7) is 0.496. The molecular formula is C17H16N2O2. The van der Waals surface area contributed by atoms with Crippen molar-refractivity contribution >= 4 is 11.6 Å². The molecule has 0 saturated heterocycles. The number of amides is 1. The molecule has 4 heteroatoms. The molecule has 0 aliphatic heterocycles. The van der Waals surface area contributed by atoms with Gasteiger partial charge in [0.05, 0.1) is 18.2 Å². The van der Waals surface area contributed by atoms with Crippen molar-refractivity contribution < 1.29 is 9.53 Å². The average molecular weight is 280 g/mol. The molecule has 2 aromatic carbocycles. The van der Waals surface area contributed by atoms with Crippen molar-refractivity contribution in [2.45, 2.75) is 12.8 Å². The summed E-state index contributed by atoms with van der Waals surface area (Å²) < 4.78 is 5.52. The molecular weight excluding hydrogens is 264 g/mol. The molecule has 0 aliphatic carbocycles. The van der Waals surface area contributed by atoms with Gasteiger partial charge < -0.3 is 10.1 Å². The molecule has 1 N–H and O–H groups in total. The predicted octanol–water partition coefficient (Wildman–Crippen LogP) is 3.36. The van der Waals surface area contributed by atoms with Crippen molar-refractivity contribution in [3.05, 3.63) is 60.2 Å². The zero-order valence-corrected chi connectivity index (χ0v) is 11.6. The normalized spacial score (nSPS) is 9.67. The number of nitriles is 1. The van der Waals surface area contributed by atoms with Gasteiger partial charge in [0.1, 0.15) is 5.75 Å². The number of ether oxygens (including phenoxy) is 1. The van der Waals surface area contributed by atoms with Gasteiger partial charge in [0.2, 0.25) is 5.91 Å². The third-order valence-corrected chi connectivity index (χ3v) is 2.84. The van der Waals surface area contributed by atoms with Crippen LogP contribution in [0.2, 0.25) is 0 Å². The van der Waals surface area contributed by atoms with E-state index in [9.17, 15) is 4.79 Å². The summed E-state index contributed by atoms with van der Waals surface area (Å²) in [5.74, 6) is 0.724. The molecule has 0 aliphatic rings. The first-order chi connectivity index (χ1) is 10.3. The van der Waals surface area contributed by atoms with Crippen molar-refractivity contribution in [1.82, 2.24) is 0 Å². The number of rotatable bonds is 6. The summed E-state index contributed by atoms with van der Waals surface area (Å²) >= 11 is 0. The summed E-state index contributed by atoms with van der Waals surface area (Å²) in [7, 11) is 0. The zero-order valence-electron chi connectivity index (χ0n) is 11.6. The Morgan fingerprint density at radius 2 is 1.95 bits per heavy atom. The predicted molar refractivity (Wildman–Crippen MR) is 81.0 cm³/mol. The van der Waals surface area contributed by atoms with Crippen LogP contribution in [0.5, 0.6) is 5.75 Å². The van der Waals surface area contributed by atoms with E-state index in [2.05, 4.69) is 5.32 Å². The maximum Gasteiger partial charge on any atom is 0.224 e. The van der Waals surface area contributed by atoms with Gasteiger partial charge in [-0.2, -0.15) is 5.26 Å². The number of para-hydroxylation sites is 1. The van der Waals surface area contributed by atoms with E-state index in [-0.39, 0.29) is 5.91 Å². The lowest BCUT2D eigenvalue weighted by atomic mass is 10.2. The Hall–Kier alpha value is -2.80. The van der Waals surface area contributed by atoms with Gasteiger partial charge in [-0.1, -0.05) is 24.3 Å². The first-order valence-electron chi connectivity index (χ1n) is 6.76. The van der Waals surface area contributed by atoms with E-state index in [0.29, 0.717) is 30.7 Å². The van der Waals surface area contributed by atoms with E-state index in [4.69, 9.17) is 10.00 Å². The summed E-state index contributed by atoms with van der Waals surface area (Å²) in [4.78, 5) is 11.8. The quantitative estimate of drug-likeness (QED) is 0.825. The second kappa shape index (κ2) is 7.71. The molecule has 1 amide bonds. The minimum Gasteiger partial charge on any atom is -0.494 e. The highest BCUT2D eigenvalue weighted by Crippen LogP contribution is 2.11. The molecule has 106 valence electrons. The number of nitrogens with one attached hydrogen (secondary N) is 1. The van der Waals surface area contributed by atoms with Crippen LogP contribution in [-0.4, -0.2) is 12.5 Å². The van der Waals surface area contributed by atoms with Gasteiger partial charge in [-0.3, -0.25) is 4.79 Å². The van der Waals surface area contributed by atoms with Crippen LogP contribution in [0.25, 0.3) is 0 Å². The fourth-order valence-electron chi connectivity index (χ4n) is 1.83. The maximum atomic E-state index is 11.8. The molecule has 0 spiro atoms. The van der Waals surface area contributed by atoms with Crippen molar-refractivity contribution in [3.63, 3.8) is 0 Å². The number of carbonyl (C=O) groups is 1. The summed E-state index contributed by atoms with van der Waals surface area (Å²) in [6.07, 6.45) is 1.02. The van der Waals surface area contributed by atoms with Gasteiger partial charge in [0.25, 0.3) is 0 Å². The van der Waals surface area contributed by atoms with Gasteiger partial charge in [-0.15, -0.1) is 0 Å². The molecule has 0 fully saturated rings. The third kappa shape index (κ3) is 5.00. The Morgan fingerprint density at radius 1 is 1.14 bits per heavy atom. The monoisotopic (exact) mass is 280 g/mol. The molecule has 2 rings (SSSR count). The van der Waals surface area contributed by atoms with Gasteiger partial charge >= 0.3 is 0 Å². The third-order valence-electron chi connectivity index (χ3n) is 2.84. The smallest absolute Gasteiger partial charge is 0.224 e. The Kier molecular flexibility index (Phi) is 5.36. The Bertz CT molecular complexity index is 633. The van der Waals surface area contributed by atoms with E-state index in [1.165, 1.54) is 0 Å². The highest BCUT2D eigenvalue weighted by atomic mass is 16.5. The van der Waals surface area contributed by atoms with E-state index in [1.54, 1.807) is 24.3 Å². The van der Waals surface area contributed by atoms with Crippen molar-refractivity contribution in [3.8, 4) is 11.8 Å². The first-order valence-corrected chi connectivity index (χ1v) is 6.76. The standard InChI is InChI=1S/C17H16N2O2/c18-13-14-6-4-7-15(12-14)19-17(20)10-5-11-21-16-8-2-1-3-9-16/h1-4,6-9,12H,5,10-11H2,(H,19,20). The highest BCUT2D eigenvalue weighted by Gasteiger charge is 2.03. The number of nitrogens with zero attached hydrogens (tertiary/aromatic N) is 1. The summed E-state index contributed by atoms with van der Waals surface area (Å²) in [5, 5.41) is 11.6. The molecule has 0 bridgehead atoms. The van der Waals surface area contributed by atoms with Crippen LogP contribution in [0.3, 0.4) is 0 Å².